The lowest BCUT2D eigenvalue weighted by molar-refractivity contribution is 0.415. The third-order valence-corrected chi connectivity index (χ3v) is 3.74. The molecule has 1 aromatic carbocycles. The summed E-state index contributed by atoms with van der Waals surface area (Å²) in [5.74, 6) is 1.11. The zero-order valence-electron chi connectivity index (χ0n) is 11.3. The van der Waals surface area contributed by atoms with E-state index in [2.05, 4.69) is 10.3 Å². The summed E-state index contributed by atoms with van der Waals surface area (Å²) in [4.78, 5) is 4.45. The van der Waals surface area contributed by atoms with Crippen molar-refractivity contribution in [2.24, 2.45) is 0 Å². The van der Waals surface area contributed by atoms with E-state index in [0.29, 0.717) is 23.6 Å². The van der Waals surface area contributed by atoms with Crippen LogP contribution in [0.3, 0.4) is 0 Å². The van der Waals surface area contributed by atoms with Crippen molar-refractivity contribution in [3.05, 3.63) is 53.6 Å². The maximum Gasteiger partial charge on any atom is 0.183 e. The second-order valence-electron chi connectivity index (χ2n) is 4.32. The molecule has 0 spiro atoms. The van der Waals surface area contributed by atoms with Gasteiger partial charge in [-0.3, -0.25) is 0 Å². The van der Waals surface area contributed by atoms with Crippen molar-refractivity contribution in [1.29, 1.82) is 0 Å². The lowest BCUT2D eigenvalue weighted by atomic mass is 10.1. The molecule has 0 aliphatic carbocycles. The number of anilines is 1. The average Bonchev–Trinajstić information content (AvgIpc) is 3.16. The van der Waals surface area contributed by atoms with Crippen molar-refractivity contribution in [1.82, 2.24) is 4.98 Å². The molecule has 0 saturated carbocycles. The fourth-order valence-corrected chi connectivity index (χ4v) is 2.64. The van der Waals surface area contributed by atoms with Gasteiger partial charge in [-0.1, -0.05) is 0 Å². The Bertz CT molecular complexity index is 725. The third-order valence-electron chi connectivity index (χ3n) is 2.94. The monoisotopic (exact) mass is 304 g/mol. The molecule has 1 N–H and O–H groups in total. The molecule has 0 amide bonds. The molecule has 108 valence electrons. The zero-order valence-corrected chi connectivity index (χ0v) is 12.1. The second-order valence-corrected chi connectivity index (χ2v) is 5.17. The predicted molar refractivity (Wildman–Crippen MR) is 80.1 cm³/mol. The molecule has 0 fully saturated rings. The van der Waals surface area contributed by atoms with Crippen LogP contribution in [0, 0.1) is 5.82 Å². The Kier molecular flexibility index (Phi) is 3.87. The molecule has 4 nitrogen and oxygen atoms in total. The SMILES string of the molecule is COc1ccc(F)cc1-c1csc(NCc2ccco2)n1. The van der Waals surface area contributed by atoms with Gasteiger partial charge in [0.25, 0.3) is 0 Å². The molecule has 0 aliphatic heterocycles. The lowest BCUT2D eigenvalue weighted by Crippen LogP contribution is -1.97. The van der Waals surface area contributed by atoms with Crippen LogP contribution in [0.4, 0.5) is 9.52 Å². The van der Waals surface area contributed by atoms with E-state index in [9.17, 15) is 4.39 Å². The van der Waals surface area contributed by atoms with Crippen LogP contribution in [0.25, 0.3) is 11.3 Å². The Morgan fingerprint density at radius 2 is 2.29 bits per heavy atom. The summed E-state index contributed by atoms with van der Waals surface area (Å²) >= 11 is 1.45. The highest BCUT2D eigenvalue weighted by Gasteiger charge is 2.11. The number of hydrogen-bond acceptors (Lipinski definition) is 5. The second kappa shape index (κ2) is 5.97. The molecular formula is C15H13FN2O2S. The van der Waals surface area contributed by atoms with Crippen LogP contribution < -0.4 is 10.1 Å². The number of methoxy groups -OCH3 is 1. The average molecular weight is 304 g/mol. The highest BCUT2D eigenvalue weighted by Crippen LogP contribution is 2.32. The van der Waals surface area contributed by atoms with Crippen LogP contribution in [0.5, 0.6) is 5.75 Å². The van der Waals surface area contributed by atoms with Gasteiger partial charge in [0.05, 0.1) is 25.6 Å². The molecule has 3 rings (SSSR count). The summed E-state index contributed by atoms with van der Waals surface area (Å²) in [5, 5.41) is 5.77. The molecule has 0 atom stereocenters. The molecule has 0 saturated heterocycles. The first-order valence-electron chi connectivity index (χ1n) is 6.32. The number of benzene rings is 1. The summed E-state index contributed by atoms with van der Waals surface area (Å²) in [6.07, 6.45) is 1.63. The van der Waals surface area contributed by atoms with Gasteiger partial charge in [0.15, 0.2) is 5.13 Å². The Labute approximate surface area is 125 Å². The molecule has 2 aromatic heterocycles. The van der Waals surface area contributed by atoms with Gasteiger partial charge in [-0.15, -0.1) is 11.3 Å². The summed E-state index contributed by atoms with van der Waals surface area (Å²) in [7, 11) is 1.55. The van der Waals surface area contributed by atoms with Crippen LogP contribution in [-0.2, 0) is 6.54 Å². The van der Waals surface area contributed by atoms with Crippen molar-refractivity contribution >= 4 is 16.5 Å². The van der Waals surface area contributed by atoms with E-state index in [0.717, 1.165) is 10.9 Å². The first kappa shape index (κ1) is 13.6. The molecule has 2 heterocycles. The lowest BCUT2D eigenvalue weighted by Gasteiger charge is -2.05. The highest BCUT2D eigenvalue weighted by molar-refractivity contribution is 7.14. The van der Waals surface area contributed by atoms with E-state index in [-0.39, 0.29) is 5.82 Å². The van der Waals surface area contributed by atoms with Gasteiger partial charge in [-0.25, -0.2) is 9.37 Å². The Balaban J connectivity index is 1.79. The number of ether oxygens (including phenoxy) is 1. The fraction of sp³-hybridized carbons (Fsp3) is 0.133. The van der Waals surface area contributed by atoms with E-state index < -0.39 is 0 Å². The van der Waals surface area contributed by atoms with Gasteiger partial charge >= 0.3 is 0 Å². The standard InChI is InChI=1S/C15H13FN2O2S/c1-19-14-5-4-10(16)7-12(14)13-9-21-15(18-13)17-8-11-3-2-6-20-11/h2-7,9H,8H2,1H3,(H,17,18). The number of thiazole rings is 1. The van der Waals surface area contributed by atoms with Crippen molar-refractivity contribution in [3.8, 4) is 17.0 Å². The van der Waals surface area contributed by atoms with Crippen LogP contribution >= 0.6 is 11.3 Å². The van der Waals surface area contributed by atoms with Crippen molar-refractivity contribution < 1.29 is 13.5 Å². The molecule has 0 bridgehead atoms. The smallest absolute Gasteiger partial charge is 0.183 e. The minimum Gasteiger partial charge on any atom is -0.496 e. The summed E-state index contributed by atoms with van der Waals surface area (Å²) in [5.41, 5.74) is 1.32. The fourth-order valence-electron chi connectivity index (χ4n) is 1.93. The molecule has 0 unspecified atom stereocenters. The summed E-state index contributed by atoms with van der Waals surface area (Å²) in [6.45, 7) is 0.556. The molecule has 21 heavy (non-hydrogen) atoms. The highest BCUT2D eigenvalue weighted by atomic mass is 32.1. The maximum absolute atomic E-state index is 13.4. The van der Waals surface area contributed by atoms with Gasteiger partial charge in [0.2, 0.25) is 0 Å². The van der Waals surface area contributed by atoms with Crippen LogP contribution in [0.2, 0.25) is 0 Å². The van der Waals surface area contributed by atoms with Crippen molar-refractivity contribution in [2.75, 3.05) is 12.4 Å². The van der Waals surface area contributed by atoms with Gasteiger partial charge in [-0.2, -0.15) is 0 Å². The number of nitrogens with one attached hydrogen (secondary N) is 1. The van der Waals surface area contributed by atoms with E-state index in [1.807, 2.05) is 17.5 Å². The normalized spacial score (nSPS) is 10.6. The van der Waals surface area contributed by atoms with Crippen LogP contribution in [0.15, 0.2) is 46.4 Å². The first-order chi connectivity index (χ1) is 10.3. The van der Waals surface area contributed by atoms with E-state index >= 15 is 0 Å². The van der Waals surface area contributed by atoms with Crippen molar-refractivity contribution in [2.45, 2.75) is 6.54 Å². The van der Waals surface area contributed by atoms with Gasteiger partial charge in [0, 0.05) is 10.9 Å². The molecule has 3 aromatic rings. The number of hydrogen-bond donors (Lipinski definition) is 1. The minimum absolute atomic E-state index is 0.316. The molecular weight excluding hydrogens is 291 g/mol. The zero-order chi connectivity index (χ0) is 14.7. The van der Waals surface area contributed by atoms with Crippen molar-refractivity contribution in [3.63, 3.8) is 0 Å². The van der Waals surface area contributed by atoms with Gasteiger partial charge < -0.3 is 14.5 Å². The minimum atomic E-state index is -0.316. The topological polar surface area (TPSA) is 47.3 Å². The third kappa shape index (κ3) is 3.05. The summed E-state index contributed by atoms with van der Waals surface area (Å²) in [6, 6.07) is 8.11. The largest absolute Gasteiger partial charge is 0.496 e. The first-order valence-corrected chi connectivity index (χ1v) is 7.20. The number of nitrogens with zero attached hydrogens (tertiary/aromatic N) is 1. The van der Waals surface area contributed by atoms with Gasteiger partial charge in [0.1, 0.15) is 17.3 Å². The Morgan fingerprint density at radius 3 is 3.05 bits per heavy atom. The van der Waals surface area contributed by atoms with Crippen LogP contribution in [0.1, 0.15) is 5.76 Å². The van der Waals surface area contributed by atoms with E-state index in [1.165, 1.54) is 23.5 Å². The van der Waals surface area contributed by atoms with E-state index in [4.69, 9.17) is 9.15 Å². The van der Waals surface area contributed by atoms with E-state index in [1.54, 1.807) is 19.4 Å². The Hall–Kier alpha value is -2.34. The molecule has 6 heteroatoms. The maximum atomic E-state index is 13.4. The quantitative estimate of drug-likeness (QED) is 0.768. The Morgan fingerprint density at radius 1 is 1.38 bits per heavy atom. The number of furan rings is 1. The number of halogens is 1. The van der Waals surface area contributed by atoms with Crippen LogP contribution in [-0.4, -0.2) is 12.1 Å². The van der Waals surface area contributed by atoms with Gasteiger partial charge in [-0.05, 0) is 30.3 Å². The number of aromatic nitrogens is 1. The predicted octanol–water partition coefficient (Wildman–Crippen LogP) is 4.16. The molecule has 0 radical (unpaired) electrons. The molecule has 0 aliphatic rings. The summed E-state index contributed by atoms with van der Waals surface area (Å²) < 4.78 is 23.9. The number of rotatable bonds is 5.